The maximum absolute atomic E-state index is 14.5. The highest BCUT2D eigenvalue weighted by Gasteiger charge is 2.37. The average Bonchev–Trinajstić information content (AvgIpc) is 2.59. The molecule has 2 aromatic carbocycles. The highest BCUT2D eigenvalue weighted by atomic mass is 35.5. The van der Waals surface area contributed by atoms with E-state index >= 15 is 0 Å². The number of carbonyl (C=O) groups is 1. The highest BCUT2D eigenvalue weighted by Crippen LogP contribution is 2.39. The maximum atomic E-state index is 14.5. The van der Waals surface area contributed by atoms with Crippen molar-refractivity contribution in [3.05, 3.63) is 59.2 Å². The fourth-order valence-corrected chi connectivity index (χ4v) is 2.59. The first kappa shape index (κ1) is 23.6. The van der Waals surface area contributed by atoms with Crippen LogP contribution in [0, 0.1) is 11.6 Å². The average molecular weight is 424 g/mol. The summed E-state index contributed by atoms with van der Waals surface area (Å²) in [5.74, 6) is 3.17. The van der Waals surface area contributed by atoms with Gasteiger partial charge in [-0.05, 0) is 37.1 Å². The van der Waals surface area contributed by atoms with E-state index in [-0.39, 0.29) is 30.1 Å². The molecular formula is C18H19ClF5N3O. The van der Waals surface area contributed by atoms with Crippen molar-refractivity contribution in [1.82, 2.24) is 10.3 Å². The number of nitrogens with two attached hydrogens (primary N) is 1. The molecule has 4 nitrogen and oxygen atoms in total. The molecule has 0 aliphatic rings. The topological polar surface area (TPSA) is 58.4 Å². The van der Waals surface area contributed by atoms with Gasteiger partial charge in [0.15, 0.2) is 0 Å². The number of hydrogen-bond donors (Lipinski definition) is 2. The Kier molecular flexibility index (Phi) is 7.77. The largest absolute Gasteiger partial charge is 0.419 e. The molecule has 28 heavy (non-hydrogen) atoms. The van der Waals surface area contributed by atoms with Gasteiger partial charge in [-0.25, -0.2) is 19.4 Å². The Hall–Kier alpha value is -2.39. The van der Waals surface area contributed by atoms with Gasteiger partial charge in [-0.1, -0.05) is 24.3 Å². The fraction of sp³-hybridized carbons (Fsp3) is 0.278. The fourth-order valence-electron chi connectivity index (χ4n) is 2.59. The minimum Gasteiger partial charge on any atom is -0.330 e. The zero-order valence-corrected chi connectivity index (χ0v) is 15.8. The van der Waals surface area contributed by atoms with E-state index in [1.54, 1.807) is 6.92 Å². The summed E-state index contributed by atoms with van der Waals surface area (Å²) >= 11 is 0. The number of carbonyl (C=O) groups excluding carboxylic acids is 1. The maximum Gasteiger partial charge on any atom is 0.419 e. The van der Waals surface area contributed by atoms with Crippen molar-refractivity contribution in [3.8, 4) is 11.1 Å². The van der Waals surface area contributed by atoms with Gasteiger partial charge in [-0.2, -0.15) is 13.2 Å². The lowest BCUT2D eigenvalue weighted by Crippen LogP contribution is -2.45. The van der Waals surface area contributed by atoms with Gasteiger partial charge in [-0.15, -0.1) is 12.4 Å². The van der Waals surface area contributed by atoms with Crippen molar-refractivity contribution in [1.29, 1.82) is 0 Å². The van der Waals surface area contributed by atoms with Crippen LogP contribution in [0.4, 0.5) is 26.7 Å². The van der Waals surface area contributed by atoms with Gasteiger partial charge in [0, 0.05) is 12.1 Å². The molecular weight excluding hydrogens is 405 g/mol. The second kappa shape index (κ2) is 9.20. The molecule has 0 radical (unpaired) electrons. The summed E-state index contributed by atoms with van der Waals surface area (Å²) in [6, 6.07) is 4.84. The van der Waals surface area contributed by atoms with Crippen molar-refractivity contribution in [2.75, 3.05) is 6.54 Å². The van der Waals surface area contributed by atoms with Crippen molar-refractivity contribution >= 4 is 18.4 Å². The third-order valence-corrected chi connectivity index (χ3v) is 4.02. The monoisotopic (exact) mass is 423 g/mol. The number of benzene rings is 2. The standard InChI is InChI=1S/C18H18F5N3O.ClH/c1-3-26(24)17(27)25-10(2)12-8-7-11(9-15(12)20)13-5-4-6-14(19)16(13)18(21,22)23;/h4-10H,3,24H2,1-2H3,(H,25,27);1H. The van der Waals surface area contributed by atoms with Gasteiger partial charge < -0.3 is 5.32 Å². The van der Waals surface area contributed by atoms with E-state index in [2.05, 4.69) is 5.32 Å². The second-order valence-corrected chi connectivity index (χ2v) is 5.85. The molecule has 2 amide bonds. The summed E-state index contributed by atoms with van der Waals surface area (Å²) in [6.07, 6.45) is -4.93. The van der Waals surface area contributed by atoms with Gasteiger partial charge >= 0.3 is 12.2 Å². The second-order valence-electron chi connectivity index (χ2n) is 5.85. The number of urea groups is 1. The smallest absolute Gasteiger partial charge is 0.330 e. The number of amides is 2. The van der Waals surface area contributed by atoms with Gasteiger partial charge in [0.05, 0.1) is 11.6 Å². The normalized spacial score (nSPS) is 12.1. The zero-order valence-electron chi connectivity index (χ0n) is 15.0. The van der Waals surface area contributed by atoms with E-state index in [1.807, 2.05) is 0 Å². The van der Waals surface area contributed by atoms with Crippen LogP contribution in [0.1, 0.15) is 31.0 Å². The number of rotatable bonds is 4. The first-order valence-electron chi connectivity index (χ1n) is 8.04. The molecule has 0 saturated heterocycles. The van der Waals surface area contributed by atoms with Gasteiger partial charge in [0.1, 0.15) is 11.6 Å². The molecule has 2 rings (SSSR count). The quantitative estimate of drug-likeness (QED) is 0.313. The predicted octanol–water partition coefficient (Wildman–Crippen LogP) is 5.04. The lowest BCUT2D eigenvalue weighted by atomic mass is 9.96. The van der Waals surface area contributed by atoms with Crippen molar-refractivity contribution < 1.29 is 26.7 Å². The van der Waals surface area contributed by atoms with Crippen LogP contribution in [-0.2, 0) is 6.18 Å². The number of nitrogens with one attached hydrogen (secondary N) is 1. The Morgan fingerprint density at radius 2 is 1.82 bits per heavy atom. The molecule has 0 fully saturated rings. The molecule has 154 valence electrons. The van der Waals surface area contributed by atoms with Crippen LogP contribution in [0.5, 0.6) is 0 Å². The third kappa shape index (κ3) is 5.11. The Labute approximate surface area is 164 Å². The Balaban J connectivity index is 0.00000392. The van der Waals surface area contributed by atoms with Crippen LogP contribution in [0.15, 0.2) is 36.4 Å². The first-order valence-corrected chi connectivity index (χ1v) is 8.04. The summed E-state index contributed by atoms with van der Waals surface area (Å²) < 4.78 is 67.7. The SMILES string of the molecule is CCN(N)C(=O)NC(C)c1ccc(-c2cccc(F)c2C(F)(F)F)cc1F.Cl. The first-order chi connectivity index (χ1) is 12.6. The van der Waals surface area contributed by atoms with E-state index in [9.17, 15) is 26.7 Å². The van der Waals surface area contributed by atoms with E-state index < -0.39 is 41.0 Å². The number of alkyl halides is 3. The Bertz CT molecular complexity index is 844. The molecule has 0 bridgehead atoms. The van der Waals surface area contributed by atoms with Crippen LogP contribution in [0.2, 0.25) is 0 Å². The molecule has 1 atom stereocenters. The summed E-state index contributed by atoms with van der Waals surface area (Å²) in [5, 5.41) is 3.37. The molecule has 2 aromatic rings. The van der Waals surface area contributed by atoms with Crippen molar-refractivity contribution in [2.45, 2.75) is 26.1 Å². The Morgan fingerprint density at radius 3 is 2.36 bits per heavy atom. The lowest BCUT2D eigenvalue weighted by Gasteiger charge is -2.21. The minimum atomic E-state index is -4.93. The number of hydrazine groups is 1. The van der Waals surface area contributed by atoms with Gasteiger partial charge in [-0.3, -0.25) is 5.01 Å². The molecule has 0 heterocycles. The molecule has 10 heteroatoms. The van der Waals surface area contributed by atoms with Crippen LogP contribution >= 0.6 is 12.4 Å². The molecule has 1 unspecified atom stereocenters. The molecule has 0 aliphatic carbocycles. The number of nitrogens with zero attached hydrogens (tertiary/aromatic N) is 1. The van der Waals surface area contributed by atoms with E-state index in [0.717, 1.165) is 23.2 Å². The van der Waals surface area contributed by atoms with Crippen LogP contribution in [0.3, 0.4) is 0 Å². The summed E-state index contributed by atoms with van der Waals surface area (Å²) in [5.41, 5.74) is -2.00. The van der Waals surface area contributed by atoms with Crippen LogP contribution < -0.4 is 11.2 Å². The third-order valence-electron chi connectivity index (χ3n) is 4.02. The minimum absolute atomic E-state index is 0. The zero-order chi connectivity index (χ0) is 20.4. The molecule has 0 aromatic heterocycles. The van der Waals surface area contributed by atoms with E-state index in [0.29, 0.717) is 6.07 Å². The molecule has 0 spiro atoms. The lowest BCUT2D eigenvalue weighted by molar-refractivity contribution is -0.139. The summed E-state index contributed by atoms with van der Waals surface area (Å²) in [4.78, 5) is 11.8. The van der Waals surface area contributed by atoms with Crippen LogP contribution in [-0.4, -0.2) is 17.6 Å². The number of halogens is 6. The Morgan fingerprint density at radius 1 is 1.18 bits per heavy atom. The van der Waals surface area contributed by atoms with Crippen LogP contribution in [0.25, 0.3) is 11.1 Å². The van der Waals surface area contributed by atoms with E-state index in [1.165, 1.54) is 19.1 Å². The predicted molar refractivity (Wildman–Crippen MR) is 97.6 cm³/mol. The van der Waals surface area contributed by atoms with Gasteiger partial charge in [0.2, 0.25) is 0 Å². The summed E-state index contributed by atoms with van der Waals surface area (Å²) in [6.45, 7) is 3.39. The van der Waals surface area contributed by atoms with Crippen molar-refractivity contribution in [2.24, 2.45) is 5.84 Å². The molecule has 0 saturated carbocycles. The highest BCUT2D eigenvalue weighted by molar-refractivity contribution is 5.85. The van der Waals surface area contributed by atoms with Crippen molar-refractivity contribution in [3.63, 3.8) is 0 Å². The number of hydrogen-bond acceptors (Lipinski definition) is 2. The summed E-state index contributed by atoms with van der Waals surface area (Å²) in [7, 11) is 0. The van der Waals surface area contributed by atoms with E-state index in [4.69, 9.17) is 5.84 Å². The molecule has 0 aliphatic heterocycles. The molecule has 3 N–H and O–H groups in total. The van der Waals surface area contributed by atoms with Gasteiger partial charge in [0.25, 0.3) is 0 Å².